The van der Waals surface area contributed by atoms with Crippen LogP contribution in [0.3, 0.4) is 0 Å². The van der Waals surface area contributed by atoms with Crippen molar-refractivity contribution in [3.63, 3.8) is 0 Å². The van der Waals surface area contributed by atoms with Gasteiger partial charge in [0.1, 0.15) is 18.2 Å². The summed E-state index contributed by atoms with van der Waals surface area (Å²) in [6, 6.07) is 27.5. The Labute approximate surface area is 247 Å². The average molecular weight is 578 g/mol. The van der Waals surface area contributed by atoms with Gasteiger partial charge >= 0.3 is 0 Å². The molecule has 0 spiro atoms. The number of thioether (sulfide) groups is 1. The fraction of sp³-hybridized carbons (Fsp3) is 0.152. The highest BCUT2D eigenvalue weighted by molar-refractivity contribution is 8.00. The number of hydrogen-bond donors (Lipinski definition) is 1. The Kier molecular flexibility index (Phi) is 7.83. The predicted octanol–water partition coefficient (Wildman–Crippen LogP) is 5.87. The van der Waals surface area contributed by atoms with E-state index >= 15 is 0 Å². The van der Waals surface area contributed by atoms with Gasteiger partial charge in [0.25, 0.3) is 0 Å². The molecule has 1 atom stereocenters. The molecule has 0 saturated heterocycles. The van der Waals surface area contributed by atoms with Gasteiger partial charge in [0, 0.05) is 30.1 Å². The molecule has 3 aromatic carbocycles. The smallest absolute Gasteiger partial charge is 0.240 e. The summed E-state index contributed by atoms with van der Waals surface area (Å²) < 4.78 is 15.7. The number of amides is 2. The number of halogens is 1. The summed E-state index contributed by atoms with van der Waals surface area (Å²) in [6.07, 6.45) is 3.34. The van der Waals surface area contributed by atoms with E-state index in [1.165, 1.54) is 28.8 Å². The van der Waals surface area contributed by atoms with Crippen LogP contribution in [0.2, 0.25) is 0 Å². The molecule has 9 heteroatoms. The minimum Gasteiger partial charge on any atom is -0.350 e. The van der Waals surface area contributed by atoms with E-state index in [0.717, 1.165) is 27.8 Å². The molecule has 210 valence electrons. The number of carbonyl (C=O) groups excluding carboxylic acids is 2. The molecule has 0 saturated carbocycles. The second-order valence-corrected chi connectivity index (χ2v) is 11.1. The van der Waals surface area contributed by atoms with E-state index in [4.69, 9.17) is 5.10 Å². The van der Waals surface area contributed by atoms with Crippen LogP contribution in [0.5, 0.6) is 0 Å². The molecule has 42 heavy (non-hydrogen) atoms. The Morgan fingerprint density at radius 3 is 2.43 bits per heavy atom. The first-order valence-electron chi connectivity index (χ1n) is 13.6. The van der Waals surface area contributed by atoms with Gasteiger partial charge in [0.05, 0.1) is 22.4 Å². The third kappa shape index (κ3) is 5.56. The van der Waals surface area contributed by atoms with Gasteiger partial charge in [-0.25, -0.2) is 9.07 Å². The van der Waals surface area contributed by atoms with E-state index in [0.29, 0.717) is 23.7 Å². The van der Waals surface area contributed by atoms with Crippen molar-refractivity contribution in [3.05, 3.63) is 131 Å². The standard InChI is InChI=1S/C33H28FN5O2S/c1-22-7-5-6-10-27(22)32-30-31(24-8-3-2-4-9-24)37-39(26-13-11-25(34)12-14-26)33(30)38(29(41)21-42-32)20-28(40)36-19-23-15-17-35-18-16-23/h2-18,32H,19-21H2,1H3,(H,36,40). The van der Waals surface area contributed by atoms with Gasteiger partial charge in [0.15, 0.2) is 0 Å². The molecule has 5 aromatic rings. The van der Waals surface area contributed by atoms with E-state index < -0.39 is 0 Å². The zero-order valence-electron chi connectivity index (χ0n) is 22.9. The number of aryl methyl sites for hydroxylation is 1. The topological polar surface area (TPSA) is 80.1 Å². The number of rotatable bonds is 7. The molecule has 0 bridgehead atoms. The van der Waals surface area contributed by atoms with E-state index in [1.807, 2.05) is 54.6 Å². The van der Waals surface area contributed by atoms with Crippen molar-refractivity contribution in [1.29, 1.82) is 0 Å². The van der Waals surface area contributed by atoms with E-state index in [2.05, 4.69) is 29.4 Å². The number of pyridine rings is 1. The van der Waals surface area contributed by atoms with E-state index in [1.54, 1.807) is 29.2 Å². The number of fused-ring (bicyclic) bond motifs is 1. The normalized spacial score (nSPS) is 14.8. The molecular weight excluding hydrogens is 549 g/mol. The van der Waals surface area contributed by atoms with Crippen molar-refractivity contribution in [2.24, 2.45) is 0 Å². The Morgan fingerprint density at radius 1 is 0.976 bits per heavy atom. The highest BCUT2D eigenvalue weighted by Gasteiger charge is 2.38. The fourth-order valence-electron chi connectivity index (χ4n) is 5.12. The Hall–Kier alpha value is -4.76. The molecule has 2 amide bonds. The van der Waals surface area contributed by atoms with Crippen LogP contribution in [0, 0.1) is 12.7 Å². The van der Waals surface area contributed by atoms with Crippen LogP contribution >= 0.6 is 11.8 Å². The number of carbonyl (C=O) groups is 2. The second kappa shape index (κ2) is 12.0. The lowest BCUT2D eigenvalue weighted by Crippen LogP contribution is -2.42. The van der Waals surface area contributed by atoms with Crippen molar-refractivity contribution in [2.45, 2.75) is 18.7 Å². The van der Waals surface area contributed by atoms with Crippen LogP contribution in [0.4, 0.5) is 10.2 Å². The first kappa shape index (κ1) is 27.4. The van der Waals surface area contributed by atoms with Crippen LogP contribution in [-0.2, 0) is 16.1 Å². The van der Waals surface area contributed by atoms with Gasteiger partial charge in [-0.05, 0) is 60.0 Å². The number of hydrogen-bond acceptors (Lipinski definition) is 5. The molecule has 2 aromatic heterocycles. The van der Waals surface area contributed by atoms with Crippen LogP contribution < -0.4 is 10.2 Å². The molecular formula is C33H28FN5O2S. The van der Waals surface area contributed by atoms with Crippen LogP contribution in [0.15, 0.2) is 103 Å². The van der Waals surface area contributed by atoms with Gasteiger partial charge in [0.2, 0.25) is 11.8 Å². The molecule has 1 aliphatic heterocycles. The summed E-state index contributed by atoms with van der Waals surface area (Å²) in [5.41, 5.74) is 6.05. The minimum absolute atomic E-state index is 0.170. The summed E-state index contributed by atoms with van der Waals surface area (Å²) >= 11 is 1.52. The number of aromatic nitrogens is 3. The number of benzene rings is 3. The molecule has 1 aliphatic rings. The van der Waals surface area contributed by atoms with Crippen molar-refractivity contribution in [3.8, 4) is 16.9 Å². The van der Waals surface area contributed by atoms with Crippen molar-refractivity contribution in [2.75, 3.05) is 17.2 Å². The van der Waals surface area contributed by atoms with Crippen LogP contribution in [-0.4, -0.2) is 38.9 Å². The average Bonchev–Trinajstić information content (AvgIpc) is 3.34. The quantitative estimate of drug-likeness (QED) is 0.262. The van der Waals surface area contributed by atoms with E-state index in [-0.39, 0.29) is 35.2 Å². The zero-order valence-corrected chi connectivity index (χ0v) is 23.7. The lowest BCUT2D eigenvalue weighted by Gasteiger charge is -2.23. The Bertz CT molecular complexity index is 1730. The third-order valence-corrected chi connectivity index (χ3v) is 8.46. The maximum absolute atomic E-state index is 14.0. The van der Waals surface area contributed by atoms with E-state index in [9.17, 15) is 14.0 Å². The Balaban J connectivity index is 1.52. The molecule has 6 rings (SSSR count). The molecule has 1 unspecified atom stereocenters. The maximum Gasteiger partial charge on any atom is 0.240 e. The summed E-state index contributed by atoms with van der Waals surface area (Å²) in [6.45, 7) is 2.17. The monoisotopic (exact) mass is 577 g/mol. The molecule has 0 fully saturated rings. The first-order valence-corrected chi connectivity index (χ1v) is 14.6. The molecule has 3 heterocycles. The summed E-state index contributed by atoms with van der Waals surface area (Å²) in [4.78, 5) is 32.7. The lowest BCUT2D eigenvalue weighted by molar-refractivity contribution is -0.123. The largest absolute Gasteiger partial charge is 0.350 e. The van der Waals surface area contributed by atoms with Crippen molar-refractivity contribution >= 4 is 29.4 Å². The van der Waals surface area contributed by atoms with Crippen LogP contribution in [0.1, 0.15) is 27.5 Å². The number of nitrogens with one attached hydrogen (secondary N) is 1. The van der Waals surface area contributed by atoms with Crippen LogP contribution in [0.25, 0.3) is 16.9 Å². The summed E-state index contributed by atoms with van der Waals surface area (Å²) in [7, 11) is 0. The van der Waals surface area contributed by atoms with Gasteiger partial charge in [-0.3, -0.25) is 19.5 Å². The molecule has 0 aliphatic carbocycles. The highest BCUT2D eigenvalue weighted by Crippen LogP contribution is 2.49. The summed E-state index contributed by atoms with van der Waals surface area (Å²) in [5.74, 6) is -0.221. The predicted molar refractivity (Wildman–Crippen MR) is 163 cm³/mol. The first-order chi connectivity index (χ1) is 20.5. The fourth-order valence-corrected chi connectivity index (χ4v) is 6.41. The number of anilines is 1. The lowest BCUT2D eigenvalue weighted by atomic mass is 9.97. The molecule has 7 nitrogen and oxygen atoms in total. The van der Waals surface area contributed by atoms with Gasteiger partial charge in [-0.2, -0.15) is 5.10 Å². The van der Waals surface area contributed by atoms with Gasteiger partial charge < -0.3 is 5.32 Å². The van der Waals surface area contributed by atoms with Crippen molar-refractivity contribution in [1.82, 2.24) is 20.1 Å². The SMILES string of the molecule is Cc1ccccc1C1SCC(=O)N(CC(=O)NCc2ccncc2)c2c1c(-c1ccccc1)nn2-c1ccc(F)cc1. The Morgan fingerprint density at radius 2 is 1.69 bits per heavy atom. The second-order valence-electron chi connectivity index (χ2n) is 10.00. The molecule has 0 radical (unpaired) electrons. The van der Waals surface area contributed by atoms with Crippen molar-refractivity contribution < 1.29 is 14.0 Å². The maximum atomic E-state index is 14.0. The summed E-state index contributed by atoms with van der Waals surface area (Å²) in [5, 5.41) is 7.73. The minimum atomic E-state index is -0.378. The third-order valence-electron chi connectivity index (χ3n) is 7.22. The number of nitrogens with zero attached hydrogens (tertiary/aromatic N) is 4. The highest BCUT2D eigenvalue weighted by atomic mass is 32.2. The van der Waals surface area contributed by atoms with Gasteiger partial charge in [-0.15, -0.1) is 11.8 Å². The zero-order chi connectivity index (χ0) is 29.1. The van der Waals surface area contributed by atoms with Gasteiger partial charge in [-0.1, -0.05) is 54.6 Å². The molecule has 1 N–H and O–H groups in total.